The van der Waals surface area contributed by atoms with E-state index in [0.717, 1.165) is 52.4 Å². The quantitative estimate of drug-likeness (QED) is 0.216. The monoisotopic (exact) mass is 410 g/mol. The third kappa shape index (κ3) is 23.2. The first kappa shape index (κ1) is 29.0. The number of nitriles is 4. The van der Waals surface area contributed by atoms with Gasteiger partial charge in [0.2, 0.25) is 0 Å². The molecule has 11 heteroatoms. The van der Waals surface area contributed by atoms with Crippen LogP contribution < -0.4 is 21.3 Å². The maximum Gasteiger partial charge on any atom is 2.00 e. The molecule has 1 aliphatic rings. The molecule has 0 aromatic rings. The second kappa shape index (κ2) is 25.4. The summed E-state index contributed by atoms with van der Waals surface area (Å²) in [6, 6.07) is 5.58. The van der Waals surface area contributed by atoms with Crippen LogP contribution in [0.3, 0.4) is 0 Å². The molecule has 0 unspecified atom stereocenters. The summed E-state index contributed by atoms with van der Waals surface area (Å²) in [5.74, 6) is 2.79. The summed E-state index contributed by atoms with van der Waals surface area (Å²) in [6.07, 6.45) is 0. The first-order chi connectivity index (χ1) is 12.7. The molecule has 144 valence electrons. The van der Waals surface area contributed by atoms with Gasteiger partial charge < -0.3 is 32.1 Å². The van der Waals surface area contributed by atoms with E-state index in [1.807, 2.05) is 0 Å². The molecule has 10 nitrogen and oxygen atoms in total. The number of hydrogen-bond acceptors (Lipinski definition) is 8. The summed E-state index contributed by atoms with van der Waals surface area (Å²) in [4.78, 5) is 0. The Bertz CT molecular complexity index is 528. The van der Waals surface area contributed by atoms with E-state index in [1.54, 1.807) is 0 Å². The van der Waals surface area contributed by atoms with Crippen molar-refractivity contribution in [3.8, 4) is 24.3 Å². The van der Waals surface area contributed by atoms with Crippen molar-refractivity contribution in [2.24, 2.45) is 0 Å². The van der Waals surface area contributed by atoms with Crippen molar-refractivity contribution in [1.29, 1.82) is 21.0 Å². The Balaban J connectivity index is -0.000000336. The molecule has 1 heterocycles. The van der Waals surface area contributed by atoms with Crippen molar-refractivity contribution in [1.82, 2.24) is 21.3 Å². The van der Waals surface area contributed by atoms with Crippen molar-refractivity contribution in [2.75, 3.05) is 52.4 Å². The summed E-state index contributed by atoms with van der Waals surface area (Å²) in [6.45, 7) is 8.57. The Kier molecular flexibility index (Phi) is 27.3. The molecule has 1 saturated heterocycles. The Morgan fingerprint density at radius 2 is 0.704 bits per heavy atom. The van der Waals surface area contributed by atoms with Gasteiger partial charge in [-0.2, -0.15) is 21.0 Å². The standard InChI is InChI=1S/C8H20N4.2C4N3.Ni/c1-2-10-5-6-12-8-7-11-4-3-9-1;2*5-1-4(2-6)3-7;/h9-12H,1-8H2;;;/q;2*-1;+2. The number of nitrogens with zero attached hydrogens (tertiary/aromatic N) is 6. The molecule has 0 atom stereocenters. The second-order valence-electron chi connectivity index (χ2n) is 4.42. The molecule has 27 heavy (non-hydrogen) atoms. The minimum absolute atomic E-state index is 0. The molecule has 0 aromatic heterocycles. The molecule has 0 aromatic carbocycles. The second-order valence-corrected chi connectivity index (χ2v) is 4.42. The molecule has 4 N–H and O–H groups in total. The molecule has 1 aliphatic heterocycles. The Morgan fingerprint density at radius 3 is 0.778 bits per heavy atom. The number of rotatable bonds is 0. The normalized spacial score (nSPS) is 13.2. The van der Waals surface area contributed by atoms with Crippen LogP contribution in [0, 0.1) is 45.3 Å². The Labute approximate surface area is 169 Å². The number of hydrogen-bond donors (Lipinski definition) is 4. The Hall–Kier alpha value is -2.81. The van der Waals surface area contributed by atoms with Crippen LogP contribution in [0.1, 0.15) is 0 Å². The molecular weight excluding hydrogens is 391 g/mol. The van der Waals surface area contributed by atoms with Gasteiger partial charge in [0.15, 0.2) is 0 Å². The van der Waals surface area contributed by atoms with E-state index in [0.29, 0.717) is 0 Å². The van der Waals surface area contributed by atoms with Gasteiger partial charge in [0.25, 0.3) is 0 Å². The number of nitrogens with one attached hydrogen (secondary N) is 4. The van der Waals surface area contributed by atoms with Crippen LogP contribution in [0.4, 0.5) is 0 Å². The largest absolute Gasteiger partial charge is 2.00 e. The van der Waals surface area contributed by atoms with Gasteiger partial charge in [-0.1, -0.05) is 0 Å². The molecule has 0 amide bonds. The minimum Gasteiger partial charge on any atom is -0.762 e. The SMILES string of the molecule is C1CNCCNCCNCCN1.N#CC(=C=[N-])C#N.N#CC(=C=[N-])C#N.[Ni+2]. The van der Waals surface area contributed by atoms with Crippen LogP contribution in [0.15, 0.2) is 11.1 Å². The maximum atomic E-state index is 7.79. The average Bonchev–Trinajstić information content (AvgIpc) is 2.66. The summed E-state index contributed by atoms with van der Waals surface area (Å²) >= 11 is 0. The summed E-state index contributed by atoms with van der Waals surface area (Å²) in [7, 11) is 0. The number of allylic oxidation sites excluding steroid dienone is 2. The molecule has 0 aliphatic carbocycles. The van der Waals surface area contributed by atoms with E-state index >= 15 is 0 Å². The van der Waals surface area contributed by atoms with Crippen LogP contribution in [0.25, 0.3) is 10.8 Å². The fraction of sp³-hybridized carbons (Fsp3) is 0.500. The van der Waals surface area contributed by atoms with Crippen LogP contribution in [0.2, 0.25) is 0 Å². The summed E-state index contributed by atoms with van der Waals surface area (Å²) in [5.41, 5.74) is -0.806. The van der Waals surface area contributed by atoms with Crippen LogP contribution in [-0.2, 0) is 16.5 Å². The van der Waals surface area contributed by atoms with Gasteiger partial charge >= 0.3 is 16.5 Å². The van der Waals surface area contributed by atoms with E-state index in [2.05, 4.69) is 21.3 Å². The fourth-order valence-electron chi connectivity index (χ4n) is 1.36. The van der Waals surface area contributed by atoms with Gasteiger partial charge in [0, 0.05) is 52.4 Å². The molecule has 0 bridgehead atoms. The fourth-order valence-corrected chi connectivity index (χ4v) is 1.36. The van der Waals surface area contributed by atoms with Gasteiger partial charge in [-0.3, -0.25) is 0 Å². The molecule has 1 rings (SSSR count). The molecule has 1 fully saturated rings. The predicted molar refractivity (Wildman–Crippen MR) is 97.7 cm³/mol. The van der Waals surface area contributed by atoms with E-state index in [9.17, 15) is 0 Å². The third-order valence-corrected chi connectivity index (χ3v) is 2.59. The van der Waals surface area contributed by atoms with Crippen LogP contribution in [0.5, 0.6) is 0 Å². The van der Waals surface area contributed by atoms with Gasteiger partial charge in [0.05, 0.1) is 0 Å². The van der Waals surface area contributed by atoms with E-state index in [-0.39, 0.29) is 16.5 Å². The first-order valence-electron chi connectivity index (χ1n) is 7.67. The van der Waals surface area contributed by atoms with E-state index in [1.165, 1.54) is 36.0 Å². The van der Waals surface area contributed by atoms with Crippen molar-refractivity contribution >= 4 is 11.7 Å². The predicted octanol–water partition coefficient (Wildman–Crippen LogP) is -1.25. The average molecular weight is 411 g/mol. The zero-order chi connectivity index (χ0) is 19.9. The van der Waals surface area contributed by atoms with Gasteiger partial charge in [-0.25, -0.2) is 11.7 Å². The van der Waals surface area contributed by atoms with Gasteiger partial charge in [-0.05, 0) is 0 Å². The molecule has 0 saturated carbocycles. The Morgan fingerprint density at radius 1 is 0.519 bits per heavy atom. The first-order valence-corrected chi connectivity index (χ1v) is 7.67. The van der Waals surface area contributed by atoms with Crippen molar-refractivity contribution in [2.45, 2.75) is 0 Å². The van der Waals surface area contributed by atoms with Crippen molar-refractivity contribution in [3.05, 3.63) is 22.0 Å². The smallest absolute Gasteiger partial charge is 0.762 e. The van der Waals surface area contributed by atoms with Gasteiger partial charge in [-0.15, -0.1) is 0 Å². The van der Waals surface area contributed by atoms with E-state index in [4.69, 9.17) is 31.9 Å². The molecular formula is C16H20N10Ni. The van der Waals surface area contributed by atoms with Crippen LogP contribution in [-0.4, -0.2) is 64.1 Å². The molecule has 0 radical (unpaired) electrons. The van der Waals surface area contributed by atoms with Crippen molar-refractivity contribution < 1.29 is 16.5 Å². The summed E-state index contributed by atoms with van der Waals surface area (Å²) in [5, 5.41) is 60.2. The maximum absolute atomic E-state index is 7.79. The zero-order valence-corrected chi connectivity index (χ0v) is 15.6. The zero-order valence-electron chi connectivity index (χ0n) is 14.7. The van der Waals surface area contributed by atoms with Crippen LogP contribution >= 0.6 is 0 Å². The van der Waals surface area contributed by atoms with Gasteiger partial charge in [0.1, 0.15) is 35.4 Å². The molecule has 0 spiro atoms. The minimum atomic E-state index is -0.403. The van der Waals surface area contributed by atoms with E-state index < -0.39 is 11.1 Å². The third-order valence-electron chi connectivity index (χ3n) is 2.59. The van der Waals surface area contributed by atoms with Crippen molar-refractivity contribution in [3.63, 3.8) is 0 Å². The topological polar surface area (TPSA) is 188 Å². The summed E-state index contributed by atoms with van der Waals surface area (Å²) < 4.78 is 0.